The summed E-state index contributed by atoms with van der Waals surface area (Å²) in [5, 5.41) is 0.662. The Bertz CT molecular complexity index is 379. The van der Waals surface area contributed by atoms with Crippen molar-refractivity contribution >= 4 is 34.5 Å². The molecule has 0 spiro atoms. The normalized spacial score (nSPS) is 10.2. The van der Waals surface area contributed by atoms with Crippen LogP contribution in [0.25, 0.3) is 0 Å². The van der Waals surface area contributed by atoms with E-state index in [1.54, 1.807) is 0 Å². The molecule has 0 aromatic heterocycles. The van der Waals surface area contributed by atoms with Gasteiger partial charge in [-0.25, -0.2) is 0 Å². The smallest absolute Gasteiger partial charge is 0.106 e. The van der Waals surface area contributed by atoms with Crippen molar-refractivity contribution in [2.75, 3.05) is 18.5 Å². The first-order valence-corrected chi connectivity index (χ1v) is 6.15. The van der Waals surface area contributed by atoms with Crippen molar-refractivity contribution in [3.05, 3.63) is 28.8 Å². The third-order valence-electron chi connectivity index (χ3n) is 2.48. The zero-order chi connectivity index (χ0) is 12.1. The number of hydrogen-bond donors (Lipinski definition) is 1. The molecule has 0 saturated heterocycles. The summed E-state index contributed by atoms with van der Waals surface area (Å²) in [6.45, 7) is 3.16. The fourth-order valence-corrected chi connectivity index (χ4v) is 1.89. The van der Waals surface area contributed by atoms with E-state index in [2.05, 4.69) is 11.8 Å². The van der Waals surface area contributed by atoms with E-state index in [0.29, 0.717) is 10.0 Å². The molecule has 1 aromatic rings. The molecular formula is C12H17ClN2S. The van der Waals surface area contributed by atoms with Gasteiger partial charge >= 0.3 is 0 Å². The van der Waals surface area contributed by atoms with Crippen LogP contribution >= 0.6 is 23.8 Å². The number of halogens is 1. The summed E-state index contributed by atoms with van der Waals surface area (Å²) in [4.78, 5) is 2.55. The lowest BCUT2D eigenvalue weighted by molar-refractivity contribution is 0.766. The number of nitrogens with zero attached hydrogens (tertiary/aromatic N) is 1. The molecular weight excluding hydrogens is 240 g/mol. The molecule has 0 aliphatic rings. The lowest BCUT2D eigenvalue weighted by atomic mass is 10.1. The quantitative estimate of drug-likeness (QED) is 0.821. The van der Waals surface area contributed by atoms with Crippen LogP contribution in [0.1, 0.15) is 25.3 Å². The van der Waals surface area contributed by atoms with Crippen LogP contribution in [0.5, 0.6) is 0 Å². The van der Waals surface area contributed by atoms with Gasteiger partial charge in [0.15, 0.2) is 0 Å². The minimum absolute atomic E-state index is 0.390. The van der Waals surface area contributed by atoms with E-state index in [9.17, 15) is 0 Å². The number of rotatable bonds is 5. The standard InChI is InChI=1S/C12H17ClN2S/c1-3-4-7-15(2)11-6-5-9(13)8-10(11)12(14)16/h5-6,8H,3-4,7H2,1-2H3,(H2,14,16). The Morgan fingerprint density at radius 2 is 2.19 bits per heavy atom. The van der Waals surface area contributed by atoms with E-state index in [-0.39, 0.29) is 0 Å². The monoisotopic (exact) mass is 256 g/mol. The van der Waals surface area contributed by atoms with Crippen molar-refractivity contribution in [2.45, 2.75) is 19.8 Å². The van der Waals surface area contributed by atoms with Gasteiger partial charge in [-0.2, -0.15) is 0 Å². The molecule has 0 atom stereocenters. The van der Waals surface area contributed by atoms with E-state index in [0.717, 1.165) is 24.2 Å². The molecule has 0 aliphatic heterocycles. The maximum atomic E-state index is 5.94. The first-order valence-electron chi connectivity index (χ1n) is 5.36. The molecule has 0 bridgehead atoms. The summed E-state index contributed by atoms with van der Waals surface area (Å²) in [5.41, 5.74) is 7.59. The van der Waals surface area contributed by atoms with Crippen LogP contribution in [-0.2, 0) is 0 Å². The summed E-state index contributed by atoms with van der Waals surface area (Å²) in [6.07, 6.45) is 2.32. The minimum Gasteiger partial charge on any atom is -0.389 e. The van der Waals surface area contributed by atoms with Gasteiger partial charge in [0.2, 0.25) is 0 Å². The van der Waals surface area contributed by atoms with Crippen LogP contribution in [0.4, 0.5) is 5.69 Å². The van der Waals surface area contributed by atoms with Crippen LogP contribution in [0.2, 0.25) is 5.02 Å². The molecule has 2 N–H and O–H groups in total. The number of anilines is 1. The highest BCUT2D eigenvalue weighted by Gasteiger charge is 2.09. The van der Waals surface area contributed by atoms with Gasteiger partial charge in [-0.15, -0.1) is 0 Å². The summed E-state index contributed by atoms with van der Waals surface area (Å²) in [7, 11) is 2.04. The topological polar surface area (TPSA) is 29.3 Å². The van der Waals surface area contributed by atoms with E-state index in [4.69, 9.17) is 29.6 Å². The van der Waals surface area contributed by atoms with Crippen molar-refractivity contribution in [3.63, 3.8) is 0 Å². The number of thiocarbonyl (C=S) groups is 1. The van der Waals surface area contributed by atoms with Gasteiger partial charge in [0.25, 0.3) is 0 Å². The highest BCUT2D eigenvalue weighted by Crippen LogP contribution is 2.23. The lowest BCUT2D eigenvalue weighted by Gasteiger charge is -2.22. The second kappa shape index (κ2) is 6.06. The first-order chi connectivity index (χ1) is 7.56. The molecule has 1 rings (SSSR count). The third-order valence-corrected chi connectivity index (χ3v) is 2.94. The average molecular weight is 257 g/mol. The second-order valence-electron chi connectivity index (χ2n) is 3.80. The molecule has 0 aliphatic carbocycles. The van der Waals surface area contributed by atoms with E-state index in [1.165, 1.54) is 6.42 Å². The molecule has 0 saturated carbocycles. The fraction of sp³-hybridized carbons (Fsp3) is 0.417. The Hall–Kier alpha value is -0.800. The number of unbranched alkanes of at least 4 members (excludes halogenated alkanes) is 1. The lowest BCUT2D eigenvalue weighted by Crippen LogP contribution is -2.22. The van der Waals surface area contributed by atoms with Gasteiger partial charge in [-0.05, 0) is 24.6 Å². The highest BCUT2D eigenvalue weighted by molar-refractivity contribution is 7.80. The molecule has 0 unspecified atom stereocenters. The molecule has 0 amide bonds. The van der Waals surface area contributed by atoms with Crippen molar-refractivity contribution in [2.24, 2.45) is 5.73 Å². The van der Waals surface area contributed by atoms with E-state index >= 15 is 0 Å². The fourth-order valence-electron chi connectivity index (χ4n) is 1.55. The van der Waals surface area contributed by atoms with Crippen molar-refractivity contribution in [3.8, 4) is 0 Å². The first kappa shape index (κ1) is 13.3. The van der Waals surface area contributed by atoms with Crippen LogP contribution in [-0.4, -0.2) is 18.6 Å². The molecule has 4 heteroatoms. The van der Waals surface area contributed by atoms with Gasteiger partial charge in [0, 0.05) is 29.9 Å². The summed E-state index contributed by atoms with van der Waals surface area (Å²) < 4.78 is 0. The van der Waals surface area contributed by atoms with Crippen LogP contribution in [0, 0.1) is 0 Å². The van der Waals surface area contributed by atoms with E-state index < -0.39 is 0 Å². The predicted octanol–water partition coefficient (Wildman–Crippen LogP) is 3.21. The van der Waals surface area contributed by atoms with Crippen LogP contribution < -0.4 is 10.6 Å². The Balaban J connectivity index is 2.98. The maximum Gasteiger partial charge on any atom is 0.106 e. The Morgan fingerprint density at radius 3 is 2.75 bits per heavy atom. The summed E-state index contributed by atoms with van der Waals surface area (Å²) in [5.74, 6) is 0. The van der Waals surface area contributed by atoms with E-state index in [1.807, 2.05) is 25.2 Å². The second-order valence-corrected chi connectivity index (χ2v) is 4.68. The minimum atomic E-state index is 0.390. The molecule has 1 aromatic carbocycles. The zero-order valence-corrected chi connectivity index (χ0v) is 11.2. The SMILES string of the molecule is CCCCN(C)c1ccc(Cl)cc1C(N)=S. The average Bonchev–Trinajstić information content (AvgIpc) is 2.25. The largest absolute Gasteiger partial charge is 0.389 e. The molecule has 88 valence electrons. The highest BCUT2D eigenvalue weighted by atomic mass is 35.5. The zero-order valence-electron chi connectivity index (χ0n) is 9.66. The van der Waals surface area contributed by atoms with Crippen molar-refractivity contribution in [1.82, 2.24) is 0 Å². The number of nitrogens with two attached hydrogens (primary N) is 1. The molecule has 0 heterocycles. The van der Waals surface area contributed by atoms with Gasteiger partial charge in [0.1, 0.15) is 4.99 Å². The van der Waals surface area contributed by atoms with Gasteiger partial charge < -0.3 is 10.6 Å². The third kappa shape index (κ3) is 3.35. The van der Waals surface area contributed by atoms with Gasteiger partial charge in [0.05, 0.1) is 0 Å². The van der Waals surface area contributed by atoms with Gasteiger partial charge in [-0.3, -0.25) is 0 Å². The summed E-state index contributed by atoms with van der Waals surface area (Å²) >= 11 is 11.0. The van der Waals surface area contributed by atoms with Crippen LogP contribution in [0.15, 0.2) is 18.2 Å². The Morgan fingerprint density at radius 1 is 1.50 bits per heavy atom. The molecule has 2 nitrogen and oxygen atoms in total. The number of benzene rings is 1. The maximum absolute atomic E-state index is 5.94. The molecule has 16 heavy (non-hydrogen) atoms. The molecule has 0 radical (unpaired) electrons. The predicted molar refractivity (Wildman–Crippen MR) is 75.5 cm³/mol. The number of hydrogen-bond acceptors (Lipinski definition) is 2. The Kier molecular flexibility index (Phi) is 5.03. The summed E-state index contributed by atoms with van der Waals surface area (Å²) in [6, 6.07) is 5.65. The Labute approximate surface area is 107 Å². The van der Waals surface area contributed by atoms with Crippen molar-refractivity contribution < 1.29 is 0 Å². The molecule has 0 fully saturated rings. The van der Waals surface area contributed by atoms with Gasteiger partial charge in [-0.1, -0.05) is 37.2 Å². The van der Waals surface area contributed by atoms with Crippen LogP contribution in [0.3, 0.4) is 0 Å². The van der Waals surface area contributed by atoms with Crippen molar-refractivity contribution in [1.29, 1.82) is 0 Å².